The fraction of sp³-hybridized carbons (Fsp3) is 0.867. The molecule has 2 spiro atoms. The minimum atomic E-state index is -0.984. The predicted molar refractivity (Wildman–Crippen MR) is 218 cm³/mol. The molecule has 5 aliphatic carbocycles. The van der Waals surface area contributed by atoms with Gasteiger partial charge in [0.05, 0.1) is 12.1 Å². The van der Waals surface area contributed by atoms with Gasteiger partial charge in [0.15, 0.2) is 0 Å². The molecule has 5 amide bonds. The van der Waals surface area contributed by atoms with E-state index in [0.29, 0.717) is 31.8 Å². The second kappa shape index (κ2) is 16.2. The Balaban J connectivity index is 1.13. The lowest BCUT2D eigenvalue weighted by Gasteiger charge is -2.38. The second-order valence-corrected chi connectivity index (χ2v) is 20.8. The number of ketones is 1. The molecule has 1 unspecified atom stereocenters. The number of rotatable bonds is 14. The zero-order valence-electron chi connectivity index (χ0n) is 35.8. The number of amides is 5. The standard InChI is InChI=1S/C45H72N6O6/c1-7-15-31(35(52)40(56)46-29-21-22-29)47-38(54)33-26-45(43(5,6)44(45)23-14-24-44)27-51(33)41(57)36(42(2,3)4)49-39(55)34(28-16-9-8-10-17-28)48-37(53)32-20-13-25-50(32)30-18-11-12-19-30/h28-34,36H,7-27H2,1-6H3,(H,46,56)(H,47,54)(H,48,53)(H,49,55)/t31-,32+,33?,34-,36+,45+/m0/s1. The van der Waals surface area contributed by atoms with Crippen LogP contribution in [0.25, 0.3) is 0 Å². The van der Waals surface area contributed by atoms with Gasteiger partial charge in [0.1, 0.15) is 18.1 Å². The molecule has 6 atom stereocenters. The average molecular weight is 793 g/mol. The number of likely N-dealkylation sites (tertiary alicyclic amines) is 2. The molecule has 0 aromatic rings. The molecule has 0 bridgehead atoms. The van der Waals surface area contributed by atoms with E-state index in [0.717, 1.165) is 96.4 Å². The maximum atomic E-state index is 15.2. The van der Waals surface area contributed by atoms with Crippen molar-refractivity contribution in [1.82, 2.24) is 31.1 Å². The van der Waals surface area contributed by atoms with Gasteiger partial charge < -0.3 is 26.2 Å². The molecule has 12 nitrogen and oxygen atoms in total. The molecule has 2 heterocycles. The average Bonchev–Trinajstić information content (AvgIpc) is 3.64. The van der Waals surface area contributed by atoms with Gasteiger partial charge in [-0.25, -0.2) is 0 Å². The largest absolute Gasteiger partial charge is 0.347 e. The Kier molecular flexibility index (Phi) is 12.0. The number of nitrogens with one attached hydrogen (secondary N) is 4. The van der Waals surface area contributed by atoms with Gasteiger partial charge in [-0.3, -0.25) is 33.7 Å². The molecule has 7 rings (SSSR count). The number of Topliss-reactive ketones (excluding diaryl/α,β-unsaturated/α-hetero) is 1. The maximum Gasteiger partial charge on any atom is 0.289 e. The predicted octanol–water partition coefficient (Wildman–Crippen LogP) is 4.92. The van der Waals surface area contributed by atoms with Crippen LogP contribution in [0.4, 0.5) is 0 Å². The highest BCUT2D eigenvalue weighted by Gasteiger charge is 2.85. The van der Waals surface area contributed by atoms with Gasteiger partial charge in [0.25, 0.3) is 5.91 Å². The first-order chi connectivity index (χ1) is 27.0. The van der Waals surface area contributed by atoms with Crippen molar-refractivity contribution >= 4 is 35.3 Å². The summed E-state index contributed by atoms with van der Waals surface area (Å²) >= 11 is 0. The van der Waals surface area contributed by atoms with Crippen molar-refractivity contribution in [2.24, 2.45) is 27.6 Å². The van der Waals surface area contributed by atoms with Gasteiger partial charge in [-0.1, -0.05) is 86.5 Å². The molecule has 4 N–H and O–H groups in total. The first-order valence-corrected chi connectivity index (χ1v) is 22.9. The van der Waals surface area contributed by atoms with Crippen LogP contribution in [0.1, 0.15) is 164 Å². The monoisotopic (exact) mass is 793 g/mol. The third-order valence-corrected chi connectivity index (χ3v) is 16.2. The van der Waals surface area contributed by atoms with Crippen molar-refractivity contribution in [1.29, 1.82) is 0 Å². The molecule has 7 aliphatic rings. The van der Waals surface area contributed by atoms with Gasteiger partial charge in [0, 0.05) is 24.0 Å². The Morgan fingerprint density at radius 3 is 1.96 bits per heavy atom. The van der Waals surface area contributed by atoms with Crippen LogP contribution in [0.15, 0.2) is 0 Å². The van der Waals surface area contributed by atoms with Crippen LogP contribution in [-0.4, -0.2) is 101 Å². The summed E-state index contributed by atoms with van der Waals surface area (Å²) in [6, 6.07) is -3.35. The summed E-state index contributed by atoms with van der Waals surface area (Å²) < 4.78 is 0. The highest BCUT2D eigenvalue weighted by molar-refractivity contribution is 6.38. The number of fused-ring (bicyclic) bond motifs is 1. The highest BCUT2D eigenvalue weighted by Crippen LogP contribution is 2.88. The number of hydrogen-bond acceptors (Lipinski definition) is 7. The van der Waals surface area contributed by atoms with E-state index < -0.39 is 47.2 Å². The van der Waals surface area contributed by atoms with Gasteiger partial charge in [-0.05, 0) is 106 Å². The van der Waals surface area contributed by atoms with Gasteiger partial charge in [-0.2, -0.15) is 0 Å². The molecule has 0 aromatic heterocycles. The third-order valence-electron chi connectivity index (χ3n) is 16.2. The van der Waals surface area contributed by atoms with Crippen LogP contribution < -0.4 is 21.3 Å². The highest BCUT2D eigenvalue weighted by atomic mass is 16.2. The van der Waals surface area contributed by atoms with Gasteiger partial charge >= 0.3 is 0 Å². The minimum absolute atomic E-state index is 0.0166. The lowest BCUT2D eigenvalue weighted by Crippen LogP contribution is -2.62. The van der Waals surface area contributed by atoms with Crippen molar-refractivity contribution in [3.05, 3.63) is 0 Å². The number of carbonyl (C=O) groups excluding carboxylic acids is 6. The van der Waals surface area contributed by atoms with Crippen molar-refractivity contribution in [3.8, 4) is 0 Å². The number of nitrogens with zero attached hydrogens (tertiary/aromatic N) is 2. The van der Waals surface area contributed by atoms with Crippen molar-refractivity contribution in [3.63, 3.8) is 0 Å². The lowest BCUT2D eigenvalue weighted by atomic mass is 9.73. The van der Waals surface area contributed by atoms with E-state index in [2.05, 4.69) is 40.0 Å². The Morgan fingerprint density at radius 1 is 0.737 bits per heavy atom. The summed E-state index contributed by atoms with van der Waals surface area (Å²) in [5.41, 5.74) is -1.02. The fourth-order valence-electron chi connectivity index (χ4n) is 12.4. The van der Waals surface area contributed by atoms with E-state index in [9.17, 15) is 24.0 Å². The zero-order chi connectivity index (χ0) is 40.9. The SMILES string of the molecule is CCC[C@H](NC(=O)C1C[C@@]2(CN1C(=O)[C@@H](NC(=O)[C@@H](NC(=O)[C@H]1CCCN1C1CCCC1)C1CCCCC1)C(C)(C)C)C(C)(C)C21CCC1)C(=O)C(=O)NC1CC1. The van der Waals surface area contributed by atoms with Gasteiger partial charge in [0.2, 0.25) is 29.4 Å². The molecule has 2 aliphatic heterocycles. The van der Waals surface area contributed by atoms with Crippen LogP contribution in [0.2, 0.25) is 0 Å². The summed E-state index contributed by atoms with van der Waals surface area (Å²) in [4.78, 5) is 88.8. The molecule has 12 heteroatoms. The van der Waals surface area contributed by atoms with E-state index in [1.165, 1.54) is 12.8 Å². The molecule has 0 aromatic carbocycles. The molecule has 7 fully saturated rings. The quantitative estimate of drug-likeness (QED) is 0.182. The fourth-order valence-corrected chi connectivity index (χ4v) is 12.4. The van der Waals surface area contributed by atoms with Crippen molar-refractivity contribution in [2.45, 2.75) is 206 Å². The topological polar surface area (TPSA) is 157 Å². The lowest BCUT2D eigenvalue weighted by molar-refractivity contribution is -0.145. The first-order valence-electron chi connectivity index (χ1n) is 22.9. The van der Waals surface area contributed by atoms with Gasteiger partial charge in [-0.15, -0.1) is 0 Å². The van der Waals surface area contributed by atoms with Crippen molar-refractivity contribution in [2.75, 3.05) is 13.1 Å². The van der Waals surface area contributed by atoms with E-state index in [-0.39, 0.29) is 52.0 Å². The maximum absolute atomic E-state index is 15.2. The summed E-state index contributed by atoms with van der Waals surface area (Å²) in [6.45, 7) is 13.6. The Labute approximate surface area is 340 Å². The summed E-state index contributed by atoms with van der Waals surface area (Å²) in [7, 11) is 0. The molecular formula is C45H72N6O6. The van der Waals surface area contributed by atoms with E-state index >= 15 is 4.79 Å². The minimum Gasteiger partial charge on any atom is -0.347 e. The normalized spacial score (nSPS) is 30.0. The first kappa shape index (κ1) is 42.1. The summed E-state index contributed by atoms with van der Waals surface area (Å²) in [5.74, 6) is -2.48. The molecule has 0 radical (unpaired) electrons. The molecule has 5 saturated carbocycles. The zero-order valence-corrected chi connectivity index (χ0v) is 35.8. The van der Waals surface area contributed by atoms with Crippen LogP contribution >= 0.6 is 0 Å². The van der Waals surface area contributed by atoms with E-state index in [4.69, 9.17) is 0 Å². The summed E-state index contributed by atoms with van der Waals surface area (Å²) in [5, 5.41) is 12.2. The van der Waals surface area contributed by atoms with Crippen molar-refractivity contribution < 1.29 is 28.8 Å². The van der Waals surface area contributed by atoms with Crippen LogP contribution in [0.3, 0.4) is 0 Å². The molecule has 2 saturated heterocycles. The second-order valence-electron chi connectivity index (χ2n) is 20.8. The van der Waals surface area contributed by atoms with E-state index in [1.54, 1.807) is 4.90 Å². The Hall–Kier alpha value is -3.02. The Morgan fingerprint density at radius 2 is 1.39 bits per heavy atom. The molecular weight excluding hydrogens is 721 g/mol. The number of carbonyl (C=O) groups is 6. The molecule has 318 valence electrons. The van der Waals surface area contributed by atoms with Crippen LogP contribution in [0, 0.1) is 27.6 Å². The summed E-state index contributed by atoms with van der Waals surface area (Å²) in [6.07, 6.45) is 17.5. The Bertz CT molecular complexity index is 1570. The van der Waals surface area contributed by atoms with Crippen LogP contribution in [-0.2, 0) is 28.8 Å². The smallest absolute Gasteiger partial charge is 0.289 e. The third kappa shape index (κ3) is 7.79. The number of hydrogen-bond donors (Lipinski definition) is 4. The van der Waals surface area contributed by atoms with E-state index in [1.807, 2.05) is 27.7 Å². The van der Waals surface area contributed by atoms with Crippen LogP contribution in [0.5, 0.6) is 0 Å². The molecule has 57 heavy (non-hydrogen) atoms.